The fourth-order valence-electron chi connectivity index (χ4n) is 2.40. The molecule has 0 fully saturated rings. The van der Waals surface area contributed by atoms with E-state index in [1.54, 1.807) is 24.3 Å². The third kappa shape index (κ3) is 4.90. The summed E-state index contributed by atoms with van der Waals surface area (Å²) >= 11 is 1.53. The van der Waals surface area contributed by atoms with Crippen molar-refractivity contribution in [3.63, 3.8) is 0 Å². The molecule has 0 atom stereocenters. The minimum Gasteiger partial charge on any atom is -0.322 e. The molecule has 0 saturated heterocycles. The second-order valence-electron chi connectivity index (χ2n) is 5.82. The number of carbonyl (C=O) groups excluding carboxylic acids is 1. The molecular formula is C20H17FN2O3S2. The summed E-state index contributed by atoms with van der Waals surface area (Å²) in [6, 6.07) is 18.0. The molecule has 0 unspecified atom stereocenters. The van der Waals surface area contributed by atoms with Gasteiger partial charge in [-0.15, -0.1) is 11.8 Å². The molecule has 5 nitrogen and oxygen atoms in total. The highest BCUT2D eigenvalue weighted by atomic mass is 32.2. The maximum atomic E-state index is 12.9. The summed E-state index contributed by atoms with van der Waals surface area (Å²) in [5.74, 6) is -0.772. The average molecular weight is 416 g/mol. The number of amides is 1. The van der Waals surface area contributed by atoms with E-state index in [0.29, 0.717) is 16.9 Å². The van der Waals surface area contributed by atoms with E-state index in [2.05, 4.69) is 10.0 Å². The van der Waals surface area contributed by atoms with Crippen LogP contribution in [0.1, 0.15) is 10.4 Å². The van der Waals surface area contributed by atoms with E-state index in [1.165, 1.54) is 60.3 Å². The van der Waals surface area contributed by atoms with Gasteiger partial charge < -0.3 is 5.32 Å². The van der Waals surface area contributed by atoms with Crippen LogP contribution in [0.2, 0.25) is 0 Å². The van der Waals surface area contributed by atoms with Gasteiger partial charge in [-0.1, -0.05) is 0 Å². The number of carbonyl (C=O) groups is 1. The maximum absolute atomic E-state index is 12.9. The number of rotatable bonds is 6. The summed E-state index contributed by atoms with van der Waals surface area (Å²) in [4.78, 5) is 13.4. The van der Waals surface area contributed by atoms with E-state index < -0.39 is 15.8 Å². The zero-order valence-electron chi connectivity index (χ0n) is 14.8. The topological polar surface area (TPSA) is 75.3 Å². The van der Waals surface area contributed by atoms with Crippen molar-refractivity contribution in [3.8, 4) is 0 Å². The van der Waals surface area contributed by atoms with Crippen LogP contribution in [0.15, 0.2) is 82.6 Å². The molecule has 0 aliphatic carbocycles. The van der Waals surface area contributed by atoms with Crippen LogP contribution in [0.25, 0.3) is 0 Å². The second-order valence-corrected chi connectivity index (χ2v) is 8.38. The summed E-state index contributed by atoms with van der Waals surface area (Å²) in [6.45, 7) is 0. The Morgan fingerprint density at radius 2 is 1.43 bits per heavy atom. The third-order valence-corrected chi connectivity index (χ3v) is 6.01. The molecule has 0 aromatic heterocycles. The molecule has 0 radical (unpaired) electrons. The standard InChI is InChI=1S/C20H17FN2O3S2/c1-27-18-10-12-19(13-11-18)28(25,26)23-17-6-2-14(3-7-17)20(24)22-16-8-4-15(21)5-9-16/h2-13,23H,1H3,(H,22,24). The molecule has 28 heavy (non-hydrogen) atoms. The summed E-state index contributed by atoms with van der Waals surface area (Å²) < 4.78 is 40.3. The first-order chi connectivity index (χ1) is 13.4. The van der Waals surface area contributed by atoms with Crippen LogP contribution in [0.3, 0.4) is 0 Å². The van der Waals surface area contributed by atoms with Crippen molar-refractivity contribution in [3.05, 3.63) is 84.2 Å². The van der Waals surface area contributed by atoms with E-state index in [9.17, 15) is 17.6 Å². The molecule has 2 N–H and O–H groups in total. The Kier molecular flexibility index (Phi) is 6.01. The van der Waals surface area contributed by atoms with Gasteiger partial charge in [-0.05, 0) is 79.1 Å². The Labute approximate surface area is 167 Å². The van der Waals surface area contributed by atoms with E-state index in [1.807, 2.05) is 6.26 Å². The summed E-state index contributed by atoms with van der Waals surface area (Å²) in [6.07, 6.45) is 1.91. The Bertz CT molecular complexity index is 1070. The number of hydrogen-bond acceptors (Lipinski definition) is 4. The van der Waals surface area contributed by atoms with Crippen molar-refractivity contribution < 1.29 is 17.6 Å². The molecule has 0 heterocycles. The van der Waals surface area contributed by atoms with Crippen molar-refractivity contribution in [1.82, 2.24) is 0 Å². The predicted molar refractivity (Wildman–Crippen MR) is 110 cm³/mol. The Balaban J connectivity index is 1.69. The molecule has 0 saturated carbocycles. The minimum absolute atomic E-state index is 0.156. The van der Waals surface area contributed by atoms with E-state index in [-0.39, 0.29) is 10.8 Å². The van der Waals surface area contributed by atoms with Crippen LogP contribution < -0.4 is 10.0 Å². The predicted octanol–water partition coefficient (Wildman–Crippen LogP) is 4.60. The largest absolute Gasteiger partial charge is 0.322 e. The van der Waals surface area contributed by atoms with Gasteiger partial charge in [0.25, 0.3) is 15.9 Å². The zero-order valence-corrected chi connectivity index (χ0v) is 16.5. The van der Waals surface area contributed by atoms with Gasteiger partial charge in [-0.3, -0.25) is 9.52 Å². The van der Waals surface area contributed by atoms with E-state index in [4.69, 9.17) is 0 Å². The van der Waals surface area contributed by atoms with Crippen LogP contribution in [0, 0.1) is 5.82 Å². The molecule has 3 aromatic carbocycles. The van der Waals surface area contributed by atoms with Gasteiger partial charge in [-0.2, -0.15) is 0 Å². The van der Waals surface area contributed by atoms with Gasteiger partial charge >= 0.3 is 0 Å². The monoisotopic (exact) mass is 416 g/mol. The van der Waals surface area contributed by atoms with Gasteiger partial charge in [0.05, 0.1) is 4.90 Å². The fourth-order valence-corrected chi connectivity index (χ4v) is 3.86. The van der Waals surface area contributed by atoms with Gasteiger partial charge in [0.2, 0.25) is 0 Å². The van der Waals surface area contributed by atoms with Crippen LogP contribution in [0.5, 0.6) is 0 Å². The van der Waals surface area contributed by atoms with Crippen molar-refractivity contribution >= 4 is 39.1 Å². The Morgan fingerprint density at radius 1 is 0.857 bits per heavy atom. The molecule has 0 bridgehead atoms. The molecular weight excluding hydrogens is 399 g/mol. The van der Waals surface area contributed by atoms with Crippen LogP contribution >= 0.6 is 11.8 Å². The van der Waals surface area contributed by atoms with Gasteiger partial charge in [0, 0.05) is 21.8 Å². The molecule has 1 amide bonds. The lowest BCUT2D eigenvalue weighted by Gasteiger charge is -2.10. The quantitative estimate of drug-likeness (QED) is 0.576. The number of halogens is 1. The molecule has 3 rings (SSSR count). The summed E-state index contributed by atoms with van der Waals surface area (Å²) in [5.41, 5.74) is 1.15. The van der Waals surface area contributed by atoms with E-state index in [0.717, 1.165) is 4.90 Å². The molecule has 3 aromatic rings. The van der Waals surface area contributed by atoms with Gasteiger partial charge in [0.15, 0.2) is 0 Å². The molecule has 0 aliphatic rings. The van der Waals surface area contributed by atoms with Crippen LogP contribution in [-0.2, 0) is 10.0 Å². The SMILES string of the molecule is CSc1ccc(S(=O)(=O)Nc2ccc(C(=O)Nc3ccc(F)cc3)cc2)cc1. The van der Waals surface area contributed by atoms with Gasteiger partial charge in [-0.25, -0.2) is 12.8 Å². The lowest BCUT2D eigenvalue weighted by atomic mass is 10.2. The average Bonchev–Trinajstić information content (AvgIpc) is 2.70. The van der Waals surface area contributed by atoms with E-state index >= 15 is 0 Å². The highest BCUT2D eigenvalue weighted by Gasteiger charge is 2.14. The van der Waals surface area contributed by atoms with Gasteiger partial charge in [0.1, 0.15) is 5.82 Å². The maximum Gasteiger partial charge on any atom is 0.261 e. The number of hydrogen-bond donors (Lipinski definition) is 2. The molecule has 0 aliphatic heterocycles. The Hall–Kier alpha value is -2.84. The van der Waals surface area contributed by atoms with Crippen molar-refractivity contribution in [2.45, 2.75) is 9.79 Å². The smallest absolute Gasteiger partial charge is 0.261 e. The van der Waals surface area contributed by atoms with Crippen molar-refractivity contribution in [2.75, 3.05) is 16.3 Å². The number of thioether (sulfide) groups is 1. The molecule has 8 heteroatoms. The van der Waals surface area contributed by atoms with Crippen molar-refractivity contribution in [2.24, 2.45) is 0 Å². The molecule has 144 valence electrons. The fraction of sp³-hybridized carbons (Fsp3) is 0.0500. The first-order valence-corrected chi connectivity index (χ1v) is 10.9. The van der Waals surface area contributed by atoms with Crippen LogP contribution in [0.4, 0.5) is 15.8 Å². The lowest BCUT2D eigenvalue weighted by Crippen LogP contribution is -2.14. The summed E-state index contributed by atoms with van der Waals surface area (Å²) in [7, 11) is -3.72. The number of nitrogens with one attached hydrogen (secondary N) is 2. The zero-order chi connectivity index (χ0) is 20.1. The lowest BCUT2D eigenvalue weighted by molar-refractivity contribution is 0.102. The minimum atomic E-state index is -3.72. The summed E-state index contributed by atoms with van der Waals surface area (Å²) in [5, 5.41) is 2.64. The number of benzene rings is 3. The number of anilines is 2. The normalized spacial score (nSPS) is 11.1. The Morgan fingerprint density at radius 3 is 2.00 bits per heavy atom. The highest BCUT2D eigenvalue weighted by molar-refractivity contribution is 7.98. The first-order valence-electron chi connectivity index (χ1n) is 8.21. The second kappa shape index (κ2) is 8.45. The van der Waals surface area contributed by atoms with Crippen LogP contribution in [-0.4, -0.2) is 20.6 Å². The molecule has 0 spiro atoms. The first kappa shape index (κ1) is 19.9. The number of sulfonamides is 1. The highest BCUT2D eigenvalue weighted by Crippen LogP contribution is 2.21. The van der Waals surface area contributed by atoms with Crippen molar-refractivity contribution in [1.29, 1.82) is 0 Å². The third-order valence-electron chi connectivity index (χ3n) is 3.87.